The minimum atomic E-state index is -0.468. The third-order valence-corrected chi connectivity index (χ3v) is 5.29. The van der Waals surface area contributed by atoms with Crippen molar-refractivity contribution in [3.8, 4) is 5.75 Å². The number of hydrogen-bond donors (Lipinski definition) is 1. The van der Waals surface area contributed by atoms with E-state index in [9.17, 15) is 4.39 Å². The summed E-state index contributed by atoms with van der Waals surface area (Å²) < 4.78 is 26.8. The van der Waals surface area contributed by atoms with E-state index >= 15 is 0 Å². The lowest BCUT2D eigenvalue weighted by Gasteiger charge is -2.39. The molecule has 6 heteroatoms. The van der Waals surface area contributed by atoms with E-state index < -0.39 is 6.23 Å². The number of benzene rings is 2. The van der Waals surface area contributed by atoms with Crippen LogP contribution in [0.5, 0.6) is 5.75 Å². The van der Waals surface area contributed by atoms with Gasteiger partial charge in [0.1, 0.15) is 17.3 Å². The molecule has 0 fully saturated rings. The molecule has 5 rings (SSSR count). The predicted octanol–water partition coefficient (Wildman–Crippen LogP) is 5.48. The van der Waals surface area contributed by atoms with Gasteiger partial charge >= 0.3 is 0 Å². The summed E-state index contributed by atoms with van der Waals surface area (Å²) in [5, 5.41) is 1.98. The molecule has 3 aromatic rings. The number of rotatable bonds is 2. The van der Waals surface area contributed by atoms with Crippen molar-refractivity contribution in [2.45, 2.75) is 19.2 Å². The molecule has 2 aromatic carbocycles. The topological polar surface area (TPSA) is 37.6 Å². The lowest BCUT2D eigenvalue weighted by Crippen LogP contribution is -2.43. The van der Waals surface area contributed by atoms with Gasteiger partial charge in [0.15, 0.2) is 12.0 Å². The van der Waals surface area contributed by atoms with Gasteiger partial charge in [-0.3, -0.25) is 0 Å². The number of hydrazine groups is 1. The first kappa shape index (κ1) is 16.6. The second-order valence-electron chi connectivity index (χ2n) is 6.66. The van der Waals surface area contributed by atoms with Crippen molar-refractivity contribution < 1.29 is 13.5 Å². The summed E-state index contributed by atoms with van der Waals surface area (Å²) in [5.41, 5.74) is 6.03. The van der Waals surface area contributed by atoms with E-state index in [2.05, 4.69) is 27.4 Å². The van der Waals surface area contributed by atoms with Crippen molar-refractivity contribution in [2.75, 3.05) is 0 Å². The van der Waals surface area contributed by atoms with Gasteiger partial charge in [0.05, 0.1) is 11.7 Å². The van der Waals surface area contributed by atoms with Gasteiger partial charge in [-0.1, -0.05) is 28.1 Å². The monoisotopic (exact) mass is 426 g/mol. The van der Waals surface area contributed by atoms with E-state index in [0.717, 1.165) is 38.6 Å². The number of halogens is 2. The molecule has 0 aliphatic carbocycles. The second kappa shape index (κ2) is 6.25. The Kier molecular flexibility index (Phi) is 3.84. The van der Waals surface area contributed by atoms with Crippen molar-refractivity contribution in [3.63, 3.8) is 0 Å². The minimum Gasteiger partial charge on any atom is -0.469 e. The summed E-state index contributed by atoms with van der Waals surface area (Å²) in [7, 11) is 0. The standard InChI is InChI=1S/C21H16BrFN2O2/c1-12-5-7-20(26-12)17-11-18-16-10-14(22)6-8-19(16)27-21(25(18)24-17)13-3-2-4-15(23)9-13/h2-11,18,21,24H,1H3. The normalized spacial score (nSPS) is 21.1. The maximum absolute atomic E-state index is 13.8. The third kappa shape index (κ3) is 2.85. The Morgan fingerprint density at radius 3 is 2.78 bits per heavy atom. The molecule has 3 heterocycles. The average molecular weight is 427 g/mol. The molecule has 2 aliphatic rings. The van der Waals surface area contributed by atoms with Gasteiger partial charge < -0.3 is 14.6 Å². The van der Waals surface area contributed by atoms with Crippen LogP contribution >= 0.6 is 15.9 Å². The quantitative estimate of drug-likeness (QED) is 0.588. The predicted molar refractivity (Wildman–Crippen MR) is 103 cm³/mol. The van der Waals surface area contributed by atoms with Gasteiger partial charge in [0.2, 0.25) is 0 Å². The van der Waals surface area contributed by atoms with Crippen LogP contribution in [0.25, 0.3) is 5.70 Å². The Bertz CT molecular complexity index is 1060. The van der Waals surface area contributed by atoms with Crippen LogP contribution in [0.1, 0.15) is 34.9 Å². The average Bonchev–Trinajstić information content (AvgIpc) is 3.27. The fraction of sp³-hybridized carbons (Fsp3) is 0.143. The van der Waals surface area contributed by atoms with E-state index in [-0.39, 0.29) is 11.9 Å². The molecule has 2 aliphatic heterocycles. The van der Waals surface area contributed by atoms with Gasteiger partial charge in [-0.2, -0.15) is 5.01 Å². The van der Waals surface area contributed by atoms with Crippen molar-refractivity contribution in [1.29, 1.82) is 0 Å². The highest BCUT2D eigenvalue weighted by Crippen LogP contribution is 2.46. The smallest absolute Gasteiger partial charge is 0.196 e. The van der Waals surface area contributed by atoms with E-state index in [4.69, 9.17) is 9.15 Å². The number of nitrogens with zero attached hydrogens (tertiary/aromatic N) is 1. The highest BCUT2D eigenvalue weighted by molar-refractivity contribution is 9.10. The molecule has 0 saturated heterocycles. The first-order valence-corrected chi connectivity index (χ1v) is 9.43. The number of hydrogen-bond acceptors (Lipinski definition) is 4. The first-order valence-electron chi connectivity index (χ1n) is 8.64. The fourth-order valence-corrected chi connectivity index (χ4v) is 3.95. The van der Waals surface area contributed by atoms with Gasteiger partial charge in [0, 0.05) is 15.6 Å². The lowest BCUT2D eigenvalue weighted by molar-refractivity contribution is -0.0330. The van der Waals surface area contributed by atoms with Crippen LogP contribution in [0, 0.1) is 12.7 Å². The molecule has 136 valence electrons. The van der Waals surface area contributed by atoms with Gasteiger partial charge in [-0.25, -0.2) is 4.39 Å². The molecule has 0 radical (unpaired) electrons. The van der Waals surface area contributed by atoms with Crippen LogP contribution in [-0.2, 0) is 0 Å². The maximum Gasteiger partial charge on any atom is 0.196 e. The fourth-order valence-electron chi connectivity index (χ4n) is 3.57. The summed E-state index contributed by atoms with van der Waals surface area (Å²) in [4.78, 5) is 0. The zero-order valence-corrected chi connectivity index (χ0v) is 16.0. The minimum absolute atomic E-state index is 0.0695. The summed E-state index contributed by atoms with van der Waals surface area (Å²) in [6.45, 7) is 1.91. The lowest BCUT2D eigenvalue weighted by atomic mass is 10.0. The van der Waals surface area contributed by atoms with Crippen molar-refractivity contribution >= 4 is 21.6 Å². The van der Waals surface area contributed by atoms with E-state index in [1.807, 2.05) is 48.3 Å². The summed E-state index contributed by atoms with van der Waals surface area (Å²) in [6.07, 6.45) is 1.64. The van der Waals surface area contributed by atoms with Crippen LogP contribution in [0.3, 0.4) is 0 Å². The van der Waals surface area contributed by atoms with E-state index in [1.54, 1.807) is 6.07 Å². The molecular weight excluding hydrogens is 411 g/mol. The highest BCUT2D eigenvalue weighted by atomic mass is 79.9. The second-order valence-corrected chi connectivity index (χ2v) is 7.58. The van der Waals surface area contributed by atoms with E-state index in [0.29, 0.717) is 0 Å². The maximum atomic E-state index is 13.8. The molecule has 0 spiro atoms. The molecule has 0 amide bonds. The SMILES string of the molecule is Cc1ccc(C2=CC3c4cc(Br)ccc4OC(c4cccc(F)c4)N3N2)o1. The molecule has 2 atom stereocenters. The van der Waals surface area contributed by atoms with Crippen LogP contribution < -0.4 is 10.2 Å². The van der Waals surface area contributed by atoms with Gasteiger partial charge in [-0.05, 0) is 55.5 Å². The summed E-state index contributed by atoms with van der Waals surface area (Å²) in [5.74, 6) is 2.10. The van der Waals surface area contributed by atoms with Crippen LogP contribution in [0.2, 0.25) is 0 Å². The Balaban J connectivity index is 1.61. The number of nitrogens with one attached hydrogen (secondary N) is 1. The molecule has 1 N–H and O–H groups in total. The van der Waals surface area contributed by atoms with Crippen LogP contribution in [0.4, 0.5) is 4.39 Å². The Hall–Kier alpha value is -2.57. The summed E-state index contributed by atoms with van der Waals surface area (Å²) >= 11 is 3.54. The van der Waals surface area contributed by atoms with Gasteiger partial charge in [0.25, 0.3) is 0 Å². The number of fused-ring (bicyclic) bond motifs is 3. The van der Waals surface area contributed by atoms with Crippen molar-refractivity contribution in [2.24, 2.45) is 0 Å². The number of furan rings is 1. The Morgan fingerprint density at radius 2 is 2.00 bits per heavy atom. The van der Waals surface area contributed by atoms with Gasteiger partial charge in [-0.15, -0.1) is 0 Å². The zero-order chi connectivity index (χ0) is 18.5. The molecule has 2 unspecified atom stereocenters. The zero-order valence-electron chi connectivity index (χ0n) is 14.4. The van der Waals surface area contributed by atoms with E-state index in [1.165, 1.54) is 12.1 Å². The molecule has 0 bridgehead atoms. The van der Waals surface area contributed by atoms with Crippen molar-refractivity contribution in [1.82, 2.24) is 10.4 Å². The molecular formula is C21H16BrFN2O2. The molecule has 4 nitrogen and oxygen atoms in total. The molecule has 1 aromatic heterocycles. The Morgan fingerprint density at radius 1 is 1.11 bits per heavy atom. The number of aryl methyl sites for hydroxylation is 1. The Labute approximate surface area is 164 Å². The summed E-state index contributed by atoms with van der Waals surface area (Å²) in [6, 6.07) is 16.2. The van der Waals surface area contributed by atoms with Crippen LogP contribution in [-0.4, -0.2) is 5.01 Å². The third-order valence-electron chi connectivity index (χ3n) is 4.80. The number of ether oxygens (including phenoxy) is 1. The highest BCUT2D eigenvalue weighted by Gasteiger charge is 2.40. The first-order chi connectivity index (χ1) is 13.1. The molecule has 0 saturated carbocycles. The molecule has 27 heavy (non-hydrogen) atoms. The largest absolute Gasteiger partial charge is 0.469 e. The van der Waals surface area contributed by atoms with Crippen molar-refractivity contribution in [3.05, 3.63) is 93.6 Å². The van der Waals surface area contributed by atoms with Crippen LogP contribution in [0.15, 0.2) is 69.6 Å².